The van der Waals surface area contributed by atoms with Gasteiger partial charge in [0.25, 0.3) is 11.5 Å². The number of hydrogen-bond acceptors (Lipinski definition) is 3. The van der Waals surface area contributed by atoms with Crippen LogP contribution in [0.5, 0.6) is 0 Å². The molecule has 1 aliphatic rings. The molecular weight excluding hydrogens is 434 g/mol. The van der Waals surface area contributed by atoms with Crippen LogP contribution in [0.4, 0.5) is 0 Å². The summed E-state index contributed by atoms with van der Waals surface area (Å²) >= 11 is 0. The number of benzene rings is 3. The Morgan fingerprint density at radius 3 is 2.17 bits per heavy atom. The summed E-state index contributed by atoms with van der Waals surface area (Å²) in [7, 11) is 0. The van der Waals surface area contributed by atoms with Gasteiger partial charge in [0.15, 0.2) is 0 Å². The molecule has 0 radical (unpaired) electrons. The third-order valence-corrected chi connectivity index (χ3v) is 7.01. The average Bonchev–Trinajstić information content (AvgIpc) is 2.87. The Balaban J connectivity index is 1.67. The van der Waals surface area contributed by atoms with Crippen LogP contribution in [0.1, 0.15) is 60.3 Å². The number of rotatable bonds is 8. The standard InChI is InChI=1S/C30H31N3O2/c1-2-26(21-12-5-3-6-13-21)32-29(34)28-24-18-9-10-19-25(24)30(35)33(23-16-7-4-8-17-23)27(28)20-31-22-14-11-15-22/h3-10,12-13,16-19,22,26,31H,2,11,14-15,20H2,1H3,(H,32,34)/t26-/m0/s1. The number of fused-ring (bicyclic) bond motifs is 1. The molecule has 5 heteroatoms. The molecule has 0 saturated heterocycles. The molecule has 3 aromatic carbocycles. The first kappa shape index (κ1) is 23.1. The van der Waals surface area contributed by atoms with Crippen LogP contribution in [0.3, 0.4) is 0 Å². The molecule has 5 nitrogen and oxygen atoms in total. The topological polar surface area (TPSA) is 63.1 Å². The molecule has 1 atom stereocenters. The van der Waals surface area contributed by atoms with Gasteiger partial charge < -0.3 is 10.6 Å². The number of amides is 1. The van der Waals surface area contributed by atoms with Crippen LogP contribution < -0.4 is 16.2 Å². The summed E-state index contributed by atoms with van der Waals surface area (Å²) < 4.78 is 1.71. The molecule has 1 amide bonds. The maximum atomic E-state index is 14.0. The third kappa shape index (κ3) is 4.64. The van der Waals surface area contributed by atoms with E-state index in [1.54, 1.807) is 4.57 Å². The van der Waals surface area contributed by atoms with Gasteiger partial charge in [0, 0.05) is 29.0 Å². The molecule has 0 bridgehead atoms. The number of nitrogens with one attached hydrogen (secondary N) is 2. The van der Waals surface area contributed by atoms with Gasteiger partial charge in [-0.05, 0) is 43.0 Å². The van der Waals surface area contributed by atoms with Gasteiger partial charge in [0.2, 0.25) is 0 Å². The zero-order chi connectivity index (χ0) is 24.2. The minimum absolute atomic E-state index is 0.108. The number of carbonyl (C=O) groups excluding carboxylic acids is 1. The highest BCUT2D eigenvalue weighted by molar-refractivity contribution is 6.08. The molecule has 2 N–H and O–H groups in total. The van der Waals surface area contributed by atoms with E-state index < -0.39 is 0 Å². The van der Waals surface area contributed by atoms with Crippen molar-refractivity contribution in [2.75, 3.05) is 0 Å². The maximum absolute atomic E-state index is 14.0. The zero-order valence-electron chi connectivity index (χ0n) is 20.0. The van der Waals surface area contributed by atoms with Crippen LogP contribution in [0.15, 0.2) is 89.7 Å². The second-order valence-electron chi connectivity index (χ2n) is 9.20. The van der Waals surface area contributed by atoms with Gasteiger partial charge in [-0.25, -0.2) is 0 Å². The Bertz CT molecular complexity index is 1380. The van der Waals surface area contributed by atoms with E-state index in [1.807, 2.05) is 84.9 Å². The fraction of sp³-hybridized carbons (Fsp3) is 0.267. The molecule has 1 fully saturated rings. The Labute approximate surface area is 205 Å². The minimum atomic E-state index is -0.160. The number of nitrogens with zero attached hydrogens (tertiary/aromatic N) is 1. The lowest BCUT2D eigenvalue weighted by Crippen LogP contribution is -2.38. The van der Waals surface area contributed by atoms with Crippen LogP contribution in [-0.4, -0.2) is 16.5 Å². The van der Waals surface area contributed by atoms with Crippen molar-refractivity contribution < 1.29 is 4.79 Å². The number of para-hydroxylation sites is 1. The second-order valence-corrected chi connectivity index (χ2v) is 9.20. The predicted octanol–water partition coefficient (Wildman–Crippen LogP) is 5.51. The van der Waals surface area contributed by atoms with Crippen molar-refractivity contribution in [2.45, 2.75) is 51.2 Å². The van der Waals surface area contributed by atoms with E-state index in [0.29, 0.717) is 34.6 Å². The fourth-order valence-electron chi connectivity index (χ4n) is 4.86. The van der Waals surface area contributed by atoms with Crippen molar-refractivity contribution in [3.8, 4) is 5.69 Å². The minimum Gasteiger partial charge on any atom is -0.345 e. The van der Waals surface area contributed by atoms with Gasteiger partial charge in [-0.1, -0.05) is 80.1 Å². The lowest BCUT2D eigenvalue weighted by molar-refractivity contribution is 0.0935. The van der Waals surface area contributed by atoms with E-state index in [4.69, 9.17) is 0 Å². The fourth-order valence-corrected chi connectivity index (χ4v) is 4.86. The number of hydrogen-bond donors (Lipinski definition) is 2. The molecule has 4 aromatic rings. The van der Waals surface area contributed by atoms with Gasteiger partial charge in [0.05, 0.1) is 17.3 Å². The molecule has 1 heterocycles. The Kier molecular flexibility index (Phi) is 6.77. The van der Waals surface area contributed by atoms with Crippen molar-refractivity contribution in [3.63, 3.8) is 0 Å². The van der Waals surface area contributed by atoms with Crippen molar-refractivity contribution in [1.29, 1.82) is 0 Å². The van der Waals surface area contributed by atoms with Crippen molar-refractivity contribution in [1.82, 2.24) is 15.2 Å². The lowest BCUT2D eigenvalue weighted by atomic mass is 9.93. The smallest absolute Gasteiger partial charge is 0.263 e. The van der Waals surface area contributed by atoms with Crippen LogP contribution in [0.25, 0.3) is 16.5 Å². The number of pyridine rings is 1. The monoisotopic (exact) mass is 465 g/mol. The van der Waals surface area contributed by atoms with E-state index in [-0.39, 0.29) is 17.5 Å². The summed E-state index contributed by atoms with van der Waals surface area (Å²) in [6, 6.07) is 27.4. The first-order valence-corrected chi connectivity index (χ1v) is 12.5. The van der Waals surface area contributed by atoms with E-state index in [1.165, 1.54) is 6.42 Å². The Morgan fingerprint density at radius 2 is 1.54 bits per heavy atom. The number of carbonyl (C=O) groups is 1. The zero-order valence-corrected chi connectivity index (χ0v) is 20.0. The molecule has 1 aromatic heterocycles. The summed E-state index contributed by atoms with van der Waals surface area (Å²) in [6.07, 6.45) is 4.22. The largest absolute Gasteiger partial charge is 0.345 e. The number of aromatic nitrogens is 1. The quantitative estimate of drug-likeness (QED) is 0.360. The van der Waals surface area contributed by atoms with Gasteiger partial charge in [0.1, 0.15) is 0 Å². The summed E-state index contributed by atoms with van der Waals surface area (Å²) in [5.74, 6) is -0.160. The molecule has 178 valence electrons. The maximum Gasteiger partial charge on any atom is 0.263 e. The summed E-state index contributed by atoms with van der Waals surface area (Å²) in [4.78, 5) is 27.7. The van der Waals surface area contributed by atoms with E-state index in [0.717, 1.165) is 30.5 Å². The van der Waals surface area contributed by atoms with Crippen molar-refractivity contribution >= 4 is 16.7 Å². The Hall–Kier alpha value is -3.70. The van der Waals surface area contributed by atoms with E-state index in [2.05, 4.69) is 17.6 Å². The first-order valence-electron chi connectivity index (χ1n) is 12.5. The highest BCUT2D eigenvalue weighted by Crippen LogP contribution is 2.26. The average molecular weight is 466 g/mol. The highest BCUT2D eigenvalue weighted by Gasteiger charge is 2.26. The molecule has 0 aliphatic heterocycles. The summed E-state index contributed by atoms with van der Waals surface area (Å²) in [5.41, 5.74) is 2.98. The van der Waals surface area contributed by atoms with Gasteiger partial charge in [-0.2, -0.15) is 0 Å². The lowest BCUT2D eigenvalue weighted by Gasteiger charge is -2.28. The van der Waals surface area contributed by atoms with Crippen molar-refractivity contribution in [2.24, 2.45) is 0 Å². The summed E-state index contributed by atoms with van der Waals surface area (Å²) in [5, 5.41) is 8.09. The first-order chi connectivity index (χ1) is 17.2. The SMILES string of the molecule is CC[C@H](NC(=O)c1c(CNC2CCC2)n(-c2ccccc2)c(=O)c2ccccc12)c1ccccc1. The van der Waals surface area contributed by atoms with Crippen LogP contribution in [-0.2, 0) is 6.54 Å². The normalized spacial score (nSPS) is 14.4. The highest BCUT2D eigenvalue weighted by atomic mass is 16.2. The van der Waals surface area contributed by atoms with E-state index >= 15 is 0 Å². The molecule has 1 saturated carbocycles. The van der Waals surface area contributed by atoms with Crippen LogP contribution >= 0.6 is 0 Å². The predicted molar refractivity (Wildman–Crippen MR) is 141 cm³/mol. The molecule has 0 spiro atoms. The Morgan fingerprint density at radius 1 is 0.914 bits per heavy atom. The van der Waals surface area contributed by atoms with Gasteiger partial charge >= 0.3 is 0 Å². The second kappa shape index (κ2) is 10.3. The molecule has 0 unspecified atom stereocenters. The molecular formula is C30H31N3O2. The summed E-state index contributed by atoms with van der Waals surface area (Å²) in [6.45, 7) is 2.52. The molecule has 1 aliphatic carbocycles. The van der Waals surface area contributed by atoms with Crippen molar-refractivity contribution in [3.05, 3.63) is 112 Å². The van der Waals surface area contributed by atoms with Gasteiger partial charge in [-0.3, -0.25) is 14.2 Å². The van der Waals surface area contributed by atoms with E-state index in [9.17, 15) is 9.59 Å². The molecule has 35 heavy (non-hydrogen) atoms. The third-order valence-electron chi connectivity index (χ3n) is 7.01. The molecule has 5 rings (SSSR count). The van der Waals surface area contributed by atoms with Crippen LogP contribution in [0.2, 0.25) is 0 Å². The van der Waals surface area contributed by atoms with Crippen LogP contribution in [0, 0.1) is 0 Å². The van der Waals surface area contributed by atoms with Gasteiger partial charge in [-0.15, -0.1) is 0 Å².